The van der Waals surface area contributed by atoms with Gasteiger partial charge < -0.3 is 10.0 Å². The van der Waals surface area contributed by atoms with Crippen molar-refractivity contribution in [1.29, 1.82) is 0 Å². The molecule has 6 nitrogen and oxygen atoms in total. The first-order chi connectivity index (χ1) is 7.63. The molecule has 88 valence electrons. The van der Waals surface area contributed by atoms with E-state index >= 15 is 0 Å². The van der Waals surface area contributed by atoms with Crippen molar-refractivity contribution in [3.8, 4) is 0 Å². The van der Waals surface area contributed by atoms with E-state index < -0.39 is 5.97 Å². The number of nitrogens with one attached hydrogen (secondary N) is 1. The second kappa shape index (κ2) is 5.89. The average molecular weight is 225 g/mol. The topological polar surface area (TPSA) is 86.3 Å². The van der Waals surface area contributed by atoms with Crippen LogP contribution in [-0.4, -0.2) is 45.2 Å². The predicted molar refractivity (Wildman–Crippen MR) is 56.8 cm³/mol. The van der Waals surface area contributed by atoms with Gasteiger partial charge in [-0.1, -0.05) is 0 Å². The van der Waals surface area contributed by atoms with Crippen molar-refractivity contribution >= 4 is 11.9 Å². The Hall–Kier alpha value is -1.85. The van der Waals surface area contributed by atoms with Gasteiger partial charge in [0.05, 0.1) is 12.8 Å². The van der Waals surface area contributed by atoms with Gasteiger partial charge >= 0.3 is 5.97 Å². The minimum absolute atomic E-state index is 0.0252. The summed E-state index contributed by atoms with van der Waals surface area (Å²) in [4.78, 5) is 23.7. The molecule has 1 heterocycles. The third-order valence-corrected chi connectivity index (χ3v) is 2.23. The SMILES string of the molecule is CCN(CCC(=O)O)C(=O)Cc1ccn[nH]1. The normalized spacial score (nSPS) is 10.1. The van der Waals surface area contributed by atoms with Crippen molar-refractivity contribution in [2.24, 2.45) is 0 Å². The highest BCUT2D eigenvalue weighted by Gasteiger charge is 2.13. The van der Waals surface area contributed by atoms with E-state index in [1.54, 1.807) is 12.3 Å². The molecule has 16 heavy (non-hydrogen) atoms. The second-order valence-corrected chi connectivity index (χ2v) is 3.38. The van der Waals surface area contributed by atoms with Crippen LogP contribution in [0.1, 0.15) is 19.0 Å². The summed E-state index contributed by atoms with van der Waals surface area (Å²) in [6.07, 6.45) is 1.78. The third-order valence-electron chi connectivity index (χ3n) is 2.23. The molecule has 0 aliphatic heterocycles. The summed E-state index contributed by atoms with van der Waals surface area (Å²) in [5.74, 6) is -0.985. The Bertz CT molecular complexity index is 348. The van der Waals surface area contributed by atoms with Crippen LogP contribution in [0.15, 0.2) is 12.3 Å². The summed E-state index contributed by atoms with van der Waals surface area (Å²) in [6.45, 7) is 2.59. The number of amides is 1. The largest absolute Gasteiger partial charge is 0.481 e. The van der Waals surface area contributed by atoms with Crippen LogP contribution in [0, 0.1) is 0 Å². The van der Waals surface area contributed by atoms with E-state index in [1.165, 1.54) is 4.90 Å². The standard InChI is InChI=1S/C10H15N3O3/c1-2-13(6-4-10(15)16)9(14)7-8-3-5-11-12-8/h3,5H,2,4,6-7H2,1H3,(H,11,12)(H,15,16). The van der Waals surface area contributed by atoms with E-state index in [-0.39, 0.29) is 25.3 Å². The maximum Gasteiger partial charge on any atom is 0.305 e. The molecule has 0 fully saturated rings. The lowest BCUT2D eigenvalue weighted by molar-refractivity contribution is -0.138. The fourth-order valence-corrected chi connectivity index (χ4v) is 1.35. The van der Waals surface area contributed by atoms with E-state index in [2.05, 4.69) is 10.2 Å². The number of carbonyl (C=O) groups is 2. The van der Waals surface area contributed by atoms with Crippen LogP contribution < -0.4 is 0 Å². The van der Waals surface area contributed by atoms with E-state index in [0.29, 0.717) is 6.54 Å². The van der Waals surface area contributed by atoms with Crippen LogP contribution in [0.4, 0.5) is 0 Å². The van der Waals surface area contributed by atoms with Gasteiger partial charge in [-0.05, 0) is 13.0 Å². The number of carboxylic acids is 1. The maximum atomic E-state index is 11.7. The molecule has 1 amide bonds. The van der Waals surface area contributed by atoms with Crippen molar-refractivity contribution in [3.05, 3.63) is 18.0 Å². The smallest absolute Gasteiger partial charge is 0.305 e. The molecule has 0 atom stereocenters. The Morgan fingerprint density at radius 2 is 2.31 bits per heavy atom. The summed E-state index contributed by atoms with van der Waals surface area (Å²) in [7, 11) is 0. The fraction of sp³-hybridized carbons (Fsp3) is 0.500. The molecule has 0 spiro atoms. The molecular formula is C10H15N3O3. The zero-order chi connectivity index (χ0) is 12.0. The summed E-state index contributed by atoms with van der Waals surface area (Å²) < 4.78 is 0. The second-order valence-electron chi connectivity index (χ2n) is 3.38. The molecule has 0 aliphatic carbocycles. The van der Waals surface area contributed by atoms with E-state index in [4.69, 9.17) is 5.11 Å². The van der Waals surface area contributed by atoms with Crippen molar-refractivity contribution in [2.75, 3.05) is 13.1 Å². The van der Waals surface area contributed by atoms with Gasteiger partial charge in [-0.2, -0.15) is 5.10 Å². The van der Waals surface area contributed by atoms with Gasteiger partial charge in [0.1, 0.15) is 0 Å². The van der Waals surface area contributed by atoms with Crippen LogP contribution >= 0.6 is 0 Å². The Balaban J connectivity index is 2.46. The predicted octanol–water partition coefficient (Wildman–Crippen LogP) is 0.275. The first kappa shape index (κ1) is 12.2. The Labute approximate surface area is 93.3 Å². The van der Waals surface area contributed by atoms with Crippen LogP contribution in [0.3, 0.4) is 0 Å². The van der Waals surface area contributed by atoms with Crippen molar-refractivity contribution < 1.29 is 14.7 Å². The lowest BCUT2D eigenvalue weighted by atomic mass is 10.2. The number of aromatic amines is 1. The Kier molecular flexibility index (Phi) is 4.50. The quantitative estimate of drug-likeness (QED) is 0.727. The molecule has 0 saturated heterocycles. The Morgan fingerprint density at radius 1 is 1.56 bits per heavy atom. The molecule has 1 aromatic rings. The number of aliphatic carboxylic acids is 1. The van der Waals surface area contributed by atoms with E-state index in [1.807, 2.05) is 6.92 Å². The minimum atomic E-state index is -0.896. The molecule has 6 heteroatoms. The molecular weight excluding hydrogens is 210 g/mol. The number of carbonyl (C=O) groups excluding carboxylic acids is 1. The highest BCUT2D eigenvalue weighted by molar-refractivity contribution is 5.78. The molecule has 2 N–H and O–H groups in total. The zero-order valence-electron chi connectivity index (χ0n) is 9.14. The lowest BCUT2D eigenvalue weighted by Crippen LogP contribution is -2.34. The third kappa shape index (κ3) is 3.72. The van der Waals surface area contributed by atoms with Crippen molar-refractivity contribution in [1.82, 2.24) is 15.1 Å². The lowest BCUT2D eigenvalue weighted by Gasteiger charge is -2.19. The number of hydrogen-bond acceptors (Lipinski definition) is 3. The number of rotatable bonds is 6. The summed E-state index contributed by atoms with van der Waals surface area (Å²) in [6, 6.07) is 1.73. The Morgan fingerprint density at radius 3 is 2.81 bits per heavy atom. The van der Waals surface area contributed by atoms with Gasteiger partial charge in [0.25, 0.3) is 0 Å². The van der Waals surface area contributed by atoms with Crippen molar-refractivity contribution in [2.45, 2.75) is 19.8 Å². The summed E-state index contributed by atoms with van der Waals surface area (Å²) in [5.41, 5.74) is 0.735. The molecule has 0 aliphatic rings. The van der Waals surface area contributed by atoms with E-state index in [9.17, 15) is 9.59 Å². The van der Waals surface area contributed by atoms with Crippen LogP contribution in [-0.2, 0) is 16.0 Å². The number of likely N-dealkylation sites (N-methyl/N-ethyl adjacent to an activating group) is 1. The van der Waals surface area contributed by atoms with Crippen LogP contribution in [0.5, 0.6) is 0 Å². The number of nitrogens with zero attached hydrogens (tertiary/aromatic N) is 2. The van der Waals surface area contributed by atoms with Gasteiger partial charge in [-0.3, -0.25) is 14.7 Å². The van der Waals surface area contributed by atoms with Crippen molar-refractivity contribution in [3.63, 3.8) is 0 Å². The number of hydrogen-bond donors (Lipinski definition) is 2. The number of aromatic nitrogens is 2. The molecule has 0 saturated carbocycles. The number of H-pyrrole nitrogens is 1. The molecule has 0 radical (unpaired) electrons. The summed E-state index contributed by atoms with van der Waals surface area (Å²) >= 11 is 0. The van der Waals surface area contributed by atoms with Gasteiger partial charge in [0.15, 0.2) is 0 Å². The first-order valence-corrected chi connectivity index (χ1v) is 5.11. The highest BCUT2D eigenvalue weighted by Crippen LogP contribution is 2.00. The average Bonchev–Trinajstić information content (AvgIpc) is 2.71. The van der Waals surface area contributed by atoms with E-state index in [0.717, 1.165) is 5.69 Å². The van der Waals surface area contributed by atoms with Gasteiger partial charge in [0.2, 0.25) is 5.91 Å². The van der Waals surface area contributed by atoms with Gasteiger partial charge in [0, 0.05) is 25.0 Å². The van der Waals surface area contributed by atoms with Gasteiger partial charge in [-0.25, -0.2) is 0 Å². The minimum Gasteiger partial charge on any atom is -0.481 e. The molecule has 1 aromatic heterocycles. The molecule has 0 unspecified atom stereocenters. The summed E-state index contributed by atoms with van der Waals surface area (Å²) in [5, 5.41) is 15.0. The highest BCUT2D eigenvalue weighted by atomic mass is 16.4. The monoisotopic (exact) mass is 225 g/mol. The van der Waals surface area contributed by atoms with Crippen LogP contribution in [0.2, 0.25) is 0 Å². The van der Waals surface area contributed by atoms with Gasteiger partial charge in [-0.15, -0.1) is 0 Å². The zero-order valence-corrected chi connectivity index (χ0v) is 9.14. The first-order valence-electron chi connectivity index (χ1n) is 5.11. The molecule has 0 bridgehead atoms. The van der Waals surface area contributed by atoms with Crippen LogP contribution in [0.25, 0.3) is 0 Å². The maximum absolute atomic E-state index is 11.7. The molecule has 1 rings (SSSR count). The fourth-order valence-electron chi connectivity index (χ4n) is 1.35. The number of carboxylic acid groups (broad SMARTS) is 1. The molecule has 0 aromatic carbocycles.